The molecule has 0 fully saturated rings. The second kappa shape index (κ2) is 8.61. The molecule has 0 aliphatic heterocycles. The first kappa shape index (κ1) is 21.7. The molecular weight excluding hydrogens is 328 g/mol. The molecule has 2 rings (SSSR count). The van der Waals surface area contributed by atoms with Gasteiger partial charge in [0.15, 0.2) is 0 Å². The number of benzene rings is 2. The van der Waals surface area contributed by atoms with E-state index < -0.39 is 0 Å². The molecule has 2 aromatic carbocycles. The maximum Gasteiger partial charge on any atom is 0.0838 e. The van der Waals surface area contributed by atoms with Crippen molar-refractivity contribution in [1.82, 2.24) is 0 Å². The van der Waals surface area contributed by atoms with E-state index in [4.69, 9.17) is 4.74 Å². The van der Waals surface area contributed by atoms with Crippen LogP contribution in [0.2, 0.25) is 0 Å². The summed E-state index contributed by atoms with van der Waals surface area (Å²) in [5.74, 6) is 0. The molecule has 0 aliphatic rings. The fraction of sp³-hybridized carbons (Fsp3) is 0.538. The van der Waals surface area contributed by atoms with Crippen LogP contribution in [-0.2, 0) is 4.74 Å². The van der Waals surface area contributed by atoms with Crippen LogP contribution >= 0.6 is 0 Å². The maximum atomic E-state index is 6.88. The summed E-state index contributed by atoms with van der Waals surface area (Å²) < 4.78 is 6.88. The minimum absolute atomic E-state index is 0.0952. The minimum atomic E-state index is 0.0952. The molecule has 0 radical (unpaired) electrons. The van der Waals surface area contributed by atoms with Gasteiger partial charge in [-0.3, -0.25) is 0 Å². The van der Waals surface area contributed by atoms with E-state index >= 15 is 0 Å². The van der Waals surface area contributed by atoms with E-state index in [1.807, 2.05) is 0 Å². The lowest BCUT2D eigenvalue weighted by Crippen LogP contribution is -2.20. The van der Waals surface area contributed by atoms with Gasteiger partial charge in [-0.25, -0.2) is 0 Å². The van der Waals surface area contributed by atoms with Crippen molar-refractivity contribution in [3.8, 4) is 0 Å². The zero-order valence-corrected chi connectivity index (χ0v) is 18.6. The Morgan fingerprint density at radius 1 is 0.667 bits per heavy atom. The van der Waals surface area contributed by atoms with Gasteiger partial charge in [0, 0.05) is 0 Å². The summed E-state index contributed by atoms with van der Waals surface area (Å²) in [7, 11) is 0. The Morgan fingerprint density at radius 2 is 1.04 bits per heavy atom. The van der Waals surface area contributed by atoms with E-state index in [0.717, 1.165) is 12.8 Å². The third kappa shape index (κ3) is 7.50. The van der Waals surface area contributed by atoms with E-state index in [9.17, 15) is 0 Å². The molecular formula is C26H38O. The van der Waals surface area contributed by atoms with Crippen LogP contribution in [0, 0.1) is 24.7 Å². The summed E-state index contributed by atoms with van der Waals surface area (Å²) in [4.78, 5) is 0. The predicted octanol–water partition coefficient (Wildman–Crippen LogP) is 7.97. The average molecular weight is 367 g/mol. The number of hydrogen-bond acceptors (Lipinski definition) is 1. The molecule has 0 aromatic heterocycles. The molecule has 0 bridgehead atoms. The highest BCUT2D eigenvalue weighted by atomic mass is 16.5. The quantitative estimate of drug-likeness (QED) is 0.503. The molecule has 0 saturated heterocycles. The lowest BCUT2D eigenvalue weighted by Gasteiger charge is -2.33. The normalized spacial score (nSPS) is 14.8. The summed E-state index contributed by atoms with van der Waals surface area (Å²) in [5.41, 5.74) is 5.56. The van der Waals surface area contributed by atoms with E-state index in [1.54, 1.807) is 0 Å². The van der Waals surface area contributed by atoms with Crippen LogP contribution in [0.1, 0.15) is 88.8 Å². The molecule has 0 amide bonds. The van der Waals surface area contributed by atoms with Crippen LogP contribution < -0.4 is 0 Å². The summed E-state index contributed by atoms with van der Waals surface area (Å²) in [6.07, 6.45) is 2.20. The second-order valence-corrected chi connectivity index (χ2v) is 10.5. The van der Waals surface area contributed by atoms with Gasteiger partial charge in [-0.2, -0.15) is 0 Å². The molecule has 0 N–H and O–H groups in total. The van der Waals surface area contributed by atoms with Gasteiger partial charge >= 0.3 is 0 Å². The fourth-order valence-electron chi connectivity index (χ4n) is 3.54. The minimum Gasteiger partial charge on any atom is -0.366 e. The first-order chi connectivity index (χ1) is 12.4. The Labute approximate surface area is 167 Å². The van der Waals surface area contributed by atoms with Crippen molar-refractivity contribution in [2.45, 2.75) is 80.4 Å². The Balaban J connectivity index is 2.39. The maximum absolute atomic E-state index is 6.88. The van der Waals surface area contributed by atoms with E-state index in [1.165, 1.54) is 22.3 Å². The van der Waals surface area contributed by atoms with Crippen LogP contribution in [0.25, 0.3) is 0 Å². The van der Waals surface area contributed by atoms with Crippen molar-refractivity contribution in [2.75, 3.05) is 0 Å². The molecule has 0 heterocycles. The first-order valence-electron chi connectivity index (χ1n) is 10.2. The molecule has 2 atom stereocenters. The topological polar surface area (TPSA) is 9.23 Å². The van der Waals surface area contributed by atoms with Crippen LogP contribution in [0.5, 0.6) is 0 Å². The molecule has 0 saturated carbocycles. The van der Waals surface area contributed by atoms with Crippen molar-refractivity contribution >= 4 is 0 Å². The van der Waals surface area contributed by atoms with Crippen LogP contribution in [0.15, 0.2) is 48.5 Å². The Morgan fingerprint density at radius 3 is 1.33 bits per heavy atom. The van der Waals surface area contributed by atoms with Crippen molar-refractivity contribution in [3.05, 3.63) is 70.8 Å². The summed E-state index contributed by atoms with van der Waals surface area (Å²) in [6, 6.07) is 17.6. The Bertz CT molecular complexity index is 667. The molecule has 148 valence electrons. The van der Waals surface area contributed by atoms with Gasteiger partial charge < -0.3 is 4.74 Å². The SMILES string of the molecule is Cc1cccc(C(CC(C)(C)C)OC(CC(C)(C)C)c2cccc(C)c2)c1. The number of aryl methyl sites for hydroxylation is 2. The zero-order chi connectivity index (χ0) is 20.2. The number of ether oxygens (including phenoxy) is 1. The summed E-state index contributed by atoms with van der Waals surface area (Å²) >= 11 is 0. The van der Waals surface area contributed by atoms with Crippen molar-refractivity contribution in [3.63, 3.8) is 0 Å². The Hall–Kier alpha value is -1.60. The molecule has 0 aliphatic carbocycles. The summed E-state index contributed by atoms with van der Waals surface area (Å²) in [5, 5.41) is 0. The standard InChI is InChI=1S/C26H38O/c1-19-11-9-13-21(15-19)23(17-25(3,4)5)27-24(18-26(6,7)8)22-14-10-12-20(2)16-22/h9-16,23-24H,17-18H2,1-8H3. The molecule has 27 heavy (non-hydrogen) atoms. The third-order valence-corrected chi connectivity index (χ3v) is 4.75. The monoisotopic (exact) mass is 366 g/mol. The van der Waals surface area contributed by atoms with Gasteiger partial charge in [-0.15, -0.1) is 0 Å². The van der Waals surface area contributed by atoms with Crippen LogP contribution in [0.3, 0.4) is 0 Å². The van der Waals surface area contributed by atoms with Gasteiger partial charge in [-0.1, -0.05) is 101 Å². The molecule has 2 unspecified atom stereocenters. The van der Waals surface area contributed by atoms with E-state index in [-0.39, 0.29) is 23.0 Å². The smallest absolute Gasteiger partial charge is 0.0838 e. The fourth-order valence-corrected chi connectivity index (χ4v) is 3.54. The molecule has 1 nitrogen and oxygen atoms in total. The Kier molecular flexibility index (Phi) is 6.92. The highest BCUT2D eigenvalue weighted by Gasteiger charge is 2.28. The molecule has 0 spiro atoms. The third-order valence-electron chi connectivity index (χ3n) is 4.75. The van der Waals surface area contributed by atoms with Crippen molar-refractivity contribution < 1.29 is 4.74 Å². The second-order valence-electron chi connectivity index (χ2n) is 10.5. The van der Waals surface area contributed by atoms with Gasteiger partial charge in [0.05, 0.1) is 12.2 Å². The summed E-state index contributed by atoms with van der Waals surface area (Å²) in [6.45, 7) is 18.1. The van der Waals surface area contributed by atoms with E-state index in [0.29, 0.717) is 0 Å². The van der Waals surface area contributed by atoms with Crippen molar-refractivity contribution in [1.29, 1.82) is 0 Å². The predicted molar refractivity (Wildman–Crippen MR) is 117 cm³/mol. The van der Waals surface area contributed by atoms with Crippen LogP contribution in [-0.4, -0.2) is 0 Å². The van der Waals surface area contributed by atoms with Crippen LogP contribution in [0.4, 0.5) is 0 Å². The highest BCUT2D eigenvalue weighted by molar-refractivity contribution is 5.26. The van der Waals surface area contributed by atoms with Gasteiger partial charge in [0.1, 0.15) is 0 Å². The van der Waals surface area contributed by atoms with Gasteiger partial charge in [-0.05, 0) is 48.6 Å². The number of hydrogen-bond donors (Lipinski definition) is 0. The molecule has 2 aromatic rings. The van der Waals surface area contributed by atoms with Gasteiger partial charge in [0.25, 0.3) is 0 Å². The molecule has 1 heteroatoms. The zero-order valence-electron chi connectivity index (χ0n) is 18.6. The average Bonchev–Trinajstić information content (AvgIpc) is 2.51. The van der Waals surface area contributed by atoms with Gasteiger partial charge in [0.2, 0.25) is 0 Å². The highest BCUT2D eigenvalue weighted by Crippen LogP contribution is 2.40. The van der Waals surface area contributed by atoms with E-state index in [2.05, 4.69) is 104 Å². The largest absolute Gasteiger partial charge is 0.366 e. The van der Waals surface area contributed by atoms with Crippen molar-refractivity contribution in [2.24, 2.45) is 10.8 Å². The number of rotatable bonds is 6. The lowest BCUT2D eigenvalue weighted by atomic mass is 9.84. The lowest BCUT2D eigenvalue weighted by molar-refractivity contribution is -0.0512. The first-order valence-corrected chi connectivity index (χ1v) is 10.2.